The topological polar surface area (TPSA) is 24.7 Å². The van der Waals surface area contributed by atoms with Crippen LogP contribution in [0, 0.1) is 0 Å². The molecule has 0 bridgehead atoms. The van der Waals surface area contributed by atoms with Gasteiger partial charge < -0.3 is 0 Å². The highest BCUT2D eigenvalue weighted by Gasteiger charge is 2.02. The van der Waals surface area contributed by atoms with Crippen molar-refractivity contribution in [1.29, 1.82) is 0 Å². The molecule has 114 valence electrons. The Kier molecular flexibility index (Phi) is 6.17. The van der Waals surface area contributed by atoms with Crippen molar-refractivity contribution >= 4 is 35.6 Å². The van der Waals surface area contributed by atoms with Crippen molar-refractivity contribution in [1.82, 2.24) is 0 Å². The van der Waals surface area contributed by atoms with Crippen LogP contribution in [0.25, 0.3) is 0 Å². The van der Waals surface area contributed by atoms with Crippen LogP contribution in [0.5, 0.6) is 0 Å². The van der Waals surface area contributed by atoms with Crippen LogP contribution in [0.3, 0.4) is 0 Å². The number of aliphatic imine (C=N–C) groups is 2. The van der Waals surface area contributed by atoms with Gasteiger partial charge in [-0.25, -0.2) is 0 Å². The minimum Gasteiger partial charge on any atom is -0.284 e. The Hall–Kier alpha value is -1.64. The van der Waals surface area contributed by atoms with E-state index in [1.807, 2.05) is 62.4 Å². The molecule has 2 rings (SSSR count). The highest BCUT2D eigenvalue weighted by molar-refractivity contribution is 6.30. The molecule has 2 aromatic carbocycles. The zero-order valence-corrected chi connectivity index (χ0v) is 14.1. The van der Waals surface area contributed by atoms with Crippen molar-refractivity contribution in [3.8, 4) is 0 Å². The third-order valence-corrected chi connectivity index (χ3v) is 3.89. The molecule has 4 heteroatoms. The molecule has 0 aromatic heterocycles. The monoisotopic (exact) mass is 332 g/mol. The number of halogens is 2. The standard InChI is InChI=1S/C18H18Cl2N2/c1-13(15-3-7-17(19)8-4-15)21-11-12-22-14(2)16-5-9-18(20)10-6-16/h3-14H,1-2H3/t13-,14-/m0/s1. The first kappa shape index (κ1) is 16.7. The number of hydrogen-bond donors (Lipinski definition) is 0. The largest absolute Gasteiger partial charge is 0.284 e. The normalized spacial score (nSPS) is 14.5. The summed E-state index contributed by atoms with van der Waals surface area (Å²) >= 11 is 11.8. The number of rotatable bonds is 5. The summed E-state index contributed by atoms with van der Waals surface area (Å²) in [4.78, 5) is 8.93. The summed E-state index contributed by atoms with van der Waals surface area (Å²) in [5, 5.41) is 1.47. The van der Waals surface area contributed by atoms with Gasteiger partial charge in [-0.2, -0.15) is 0 Å². The van der Waals surface area contributed by atoms with E-state index in [-0.39, 0.29) is 12.1 Å². The van der Waals surface area contributed by atoms with Crippen LogP contribution < -0.4 is 0 Å². The summed E-state index contributed by atoms with van der Waals surface area (Å²) in [6, 6.07) is 15.6. The van der Waals surface area contributed by atoms with Gasteiger partial charge in [-0.05, 0) is 49.2 Å². The van der Waals surface area contributed by atoms with E-state index >= 15 is 0 Å². The van der Waals surface area contributed by atoms with E-state index in [0.717, 1.165) is 21.2 Å². The van der Waals surface area contributed by atoms with E-state index in [4.69, 9.17) is 23.2 Å². The van der Waals surface area contributed by atoms with E-state index in [2.05, 4.69) is 9.98 Å². The molecule has 0 aliphatic heterocycles. The van der Waals surface area contributed by atoms with Crippen molar-refractivity contribution in [3.63, 3.8) is 0 Å². The molecule has 0 fully saturated rings. The highest BCUT2D eigenvalue weighted by Crippen LogP contribution is 2.20. The molecule has 0 saturated heterocycles. The Bertz CT molecular complexity index is 586. The maximum Gasteiger partial charge on any atom is 0.0721 e. The first-order valence-electron chi connectivity index (χ1n) is 7.12. The summed E-state index contributed by atoms with van der Waals surface area (Å²) in [6.45, 7) is 4.08. The predicted molar refractivity (Wildman–Crippen MR) is 96.7 cm³/mol. The van der Waals surface area contributed by atoms with Crippen LogP contribution in [0.4, 0.5) is 0 Å². The van der Waals surface area contributed by atoms with E-state index in [0.29, 0.717) is 0 Å². The predicted octanol–water partition coefficient (Wildman–Crippen LogP) is 5.96. The van der Waals surface area contributed by atoms with Crippen molar-refractivity contribution in [2.45, 2.75) is 25.9 Å². The first-order valence-corrected chi connectivity index (χ1v) is 7.87. The number of benzene rings is 2. The lowest BCUT2D eigenvalue weighted by molar-refractivity contribution is 0.820. The lowest BCUT2D eigenvalue weighted by atomic mass is 10.1. The quantitative estimate of drug-likeness (QED) is 0.603. The molecule has 0 spiro atoms. The highest BCUT2D eigenvalue weighted by atomic mass is 35.5. The molecular weight excluding hydrogens is 315 g/mol. The summed E-state index contributed by atoms with van der Waals surface area (Å²) in [5.74, 6) is 0. The lowest BCUT2D eigenvalue weighted by Gasteiger charge is -2.06. The molecule has 22 heavy (non-hydrogen) atoms. The molecule has 2 atom stereocenters. The van der Waals surface area contributed by atoms with E-state index in [1.165, 1.54) is 0 Å². The van der Waals surface area contributed by atoms with E-state index in [1.54, 1.807) is 12.4 Å². The van der Waals surface area contributed by atoms with Crippen LogP contribution >= 0.6 is 23.2 Å². The van der Waals surface area contributed by atoms with Crippen molar-refractivity contribution < 1.29 is 0 Å². The van der Waals surface area contributed by atoms with Crippen LogP contribution in [-0.4, -0.2) is 12.4 Å². The molecule has 0 heterocycles. The zero-order chi connectivity index (χ0) is 15.9. The van der Waals surface area contributed by atoms with E-state index < -0.39 is 0 Å². The van der Waals surface area contributed by atoms with Crippen molar-refractivity contribution in [2.75, 3.05) is 0 Å². The van der Waals surface area contributed by atoms with Crippen molar-refractivity contribution in [3.05, 3.63) is 69.7 Å². The SMILES string of the molecule is C[C@H](N=CC=N[C@@H](C)c1ccc(Cl)cc1)c1ccc(Cl)cc1. The summed E-state index contributed by atoms with van der Waals surface area (Å²) in [5.41, 5.74) is 2.25. The molecule has 0 radical (unpaired) electrons. The summed E-state index contributed by atoms with van der Waals surface area (Å²) in [6.07, 6.45) is 3.48. The Morgan fingerprint density at radius 1 is 0.682 bits per heavy atom. The first-order chi connectivity index (χ1) is 10.6. The Labute approximate surface area is 141 Å². The van der Waals surface area contributed by atoms with Crippen LogP contribution in [0.1, 0.15) is 37.1 Å². The molecule has 2 aromatic rings. The summed E-state index contributed by atoms with van der Waals surface area (Å²) < 4.78 is 0. The zero-order valence-electron chi connectivity index (χ0n) is 12.6. The third-order valence-electron chi connectivity index (χ3n) is 3.39. The molecule has 0 amide bonds. The fraction of sp³-hybridized carbons (Fsp3) is 0.222. The van der Waals surface area contributed by atoms with Gasteiger partial charge in [0.25, 0.3) is 0 Å². The van der Waals surface area contributed by atoms with Gasteiger partial charge in [0.2, 0.25) is 0 Å². The molecule has 0 N–H and O–H groups in total. The molecular formula is C18H18Cl2N2. The van der Waals surface area contributed by atoms with Crippen LogP contribution in [0.15, 0.2) is 58.5 Å². The Balaban J connectivity index is 1.93. The molecule has 0 saturated carbocycles. The van der Waals surface area contributed by atoms with Gasteiger partial charge in [-0.15, -0.1) is 0 Å². The van der Waals surface area contributed by atoms with E-state index in [9.17, 15) is 0 Å². The maximum absolute atomic E-state index is 5.88. The van der Waals surface area contributed by atoms with Gasteiger partial charge in [0, 0.05) is 22.5 Å². The minimum absolute atomic E-state index is 0.0783. The second-order valence-corrected chi connectivity index (χ2v) is 5.92. The fourth-order valence-electron chi connectivity index (χ4n) is 1.99. The maximum atomic E-state index is 5.88. The van der Waals surface area contributed by atoms with Crippen molar-refractivity contribution in [2.24, 2.45) is 9.98 Å². The molecule has 0 aliphatic carbocycles. The average Bonchev–Trinajstić information content (AvgIpc) is 2.52. The third kappa shape index (κ3) is 4.97. The number of nitrogens with zero attached hydrogens (tertiary/aromatic N) is 2. The van der Waals surface area contributed by atoms with Crippen LogP contribution in [0.2, 0.25) is 10.0 Å². The molecule has 0 aliphatic rings. The lowest BCUT2D eigenvalue weighted by Crippen LogP contribution is -1.93. The van der Waals surface area contributed by atoms with Gasteiger partial charge in [0.1, 0.15) is 0 Å². The molecule has 2 nitrogen and oxygen atoms in total. The van der Waals surface area contributed by atoms with Gasteiger partial charge in [0.15, 0.2) is 0 Å². The second-order valence-electron chi connectivity index (χ2n) is 5.05. The van der Waals surface area contributed by atoms with Gasteiger partial charge in [-0.3, -0.25) is 9.98 Å². The van der Waals surface area contributed by atoms with Gasteiger partial charge in [0.05, 0.1) is 12.1 Å². The number of hydrogen-bond acceptors (Lipinski definition) is 2. The van der Waals surface area contributed by atoms with Crippen LogP contribution in [-0.2, 0) is 0 Å². The second kappa shape index (κ2) is 8.11. The molecule has 0 unspecified atom stereocenters. The minimum atomic E-state index is 0.0783. The summed E-state index contributed by atoms with van der Waals surface area (Å²) in [7, 11) is 0. The fourth-order valence-corrected chi connectivity index (χ4v) is 2.24. The average molecular weight is 333 g/mol. The Morgan fingerprint density at radius 2 is 1.00 bits per heavy atom. The Morgan fingerprint density at radius 3 is 1.32 bits per heavy atom. The smallest absolute Gasteiger partial charge is 0.0721 e. The van der Waals surface area contributed by atoms with Gasteiger partial charge >= 0.3 is 0 Å². The van der Waals surface area contributed by atoms with Gasteiger partial charge in [-0.1, -0.05) is 47.5 Å².